The number of halogens is 1. The van der Waals surface area contributed by atoms with Gasteiger partial charge in [-0.15, -0.1) is 0 Å². The Bertz CT molecular complexity index is 533. The Labute approximate surface area is 122 Å². The van der Waals surface area contributed by atoms with Gasteiger partial charge in [0.2, 0.25) is 0 Å². The van der Waals surface area contributed by atoms with Gasteiger partial charge in [0.25, 0.3) is 0 Å². The van der Waals surface area contributed by atoms with E-state index in [-0.39, 0.29) is 18.5 Å². The van der Waals surface area contributed by atoms with Crippen molar-refractivity contribution in [3.63, 3.8) is 0 Å². The normalized spacial score (nSPS) is 18.1. The number of amides is 2. The molecular weight excluding hydrogens is 280 g/mol. The molecule has 1 saturated heterocycles. The summed E-state index contributed by atoms with van der Waals surface area (Å²) in [4.78, 5) is 24.6. The zero-order valence-electron chi connectivity index (χ0n) is 11.2. The Hall–Kier alpha value is -1.75. The summed E-state index contributed by atoms with van der Waals surface area (Å²) in [6, 6.07) is 4.85. The van der Waals surface area contributed by atoms with E-state index in [9.17, 15) is 9.59 Å². The van der Waals surface area contributed by atoms with Crippen molar-refractivity contribution in [2.24, 2.45) is 0 Å². The summed E-state index contributed by atoms with van der Waals surface area (Å²) in [5.74, 6) is -0.886. The van der Waals surface area contributed by atoms with E-state index < -0.39 is 5.97 Å². The number of anilines is 1. The van der Waals surface area contributed by atoms with Gasteiger partial charge in [-0.1, -0.05) is 17.7 Å². The first-order valence-electron chi connectivity index (χ1n) is 6.53. The van der Waals surface area contributed by atoms with E-state index in [1.807, 2.05) is 13.0 Å². The molecule has 6 heteroatoms. The molecule has 5 nitrogen and oxygen atoms in total. The molecular formula is C14H17ClN2O3. The first-order chi connectivity index (χ1) is 9.47. The average molecular weight is 297 g/mol. The van der Waals surface area contributed by atoms with Crippen LogP contribution in [0.3, 0.4) is 0 Å². The number of carboxylic acid groups (broad SMARTS) is 1. The van der Waals surface area contributed by atoms with Gasteiger partial charge >= 0.3 is 12.0 Å². The molecule has 1 aromatic carbocycles. The average Bonchev–Trinajstić information content (AvgIpc) is 2.80. The third kappa shape index (κ3) is 3.42. The number of benzene rings is 1. The molecule has 1 aliphatic heterocycles. The molecule has 2 N–H and O–H groups in total. The molecule has 0 saturated carbocycles. The van der Waals surface area contributed by atoms with Crippen molar-refractivity contribution in [2.45, 2.75) is 32.2 Å². The van der Waals surface area contributed by atoms with Gasteiger partial charge in [-0.05, 0) is 37.5 Å². The van der Waals surface area contributed by atoms with Crippen LogP contribution in [0.25, 0.3) is 0 Å². The number of rotatable bonds is 3. The van der Waals surface area contributed by atoms with Crippen LogP contribution in [0.5, 0.6) is 0 Å². The van der Waals surface area contributed by atoms with E-state index in [2.05, 4.69) is 5.32 Å². The van der Waals surface area contributed by atoms with Gasteiger partial charge < -0.3 is 15.3 Å². The van der Waals surface area contributed by atoms with Crippen LogP contribution in [-0.2, 0) is 4.79 Å². The van der Waals surface area contributed by atoms with Crippen LogP contribution in [-0.4, -0.2) is 34.6 Å². The molecule has 0 aliphatic carbocycles. The van der Waals surface area contributed by atoms with E-state index in [0.29, 0.717) is 17.3 Å². The molecule has 108 valence electrons. The number of hydrogen-bond acceptors (Lipinski definition) is 2. The summed E-state index contributed by atoms with van der Waals surface area (Å²) in [6.07, 6.45) is 1.53. The lowest BCUT2D eigenvalue weighted by atomic mass is 10.1. The van der Waals surface area contributed by atoms with Gasteiger partial charge in [0.05, 0.1) is 17.1 Å². The fourth-order valence-corrected chi connectivity index (χ4v) is 2.71. The fraction of sp³-hybridized carbons (Fsp3) is 0.429. The maximum Gasteiger partial charge on any atom is 0.322 e. The van der Waals surface area contributed by atoms with E-state index in [1.54, 1.807) is 17.0 Å². The number of urea groups is 1. The Balaban J connectivity index is 2.05. The molecule has 2 rings (SSSR count). The number of hydrogen-bond donors (Lipinski definition) is 2. The molecule has 0 aromatic heterocycles. The molecule has 0 radical (unpaired) electrons. The summed E-state index contributed by atoms with van der Waals surface area (Å²) in [6.45, 7) is 2.49. The molecule has 1 unspecified atom stereocenters. The molecule has 1 aliphatic rings. The second-order valence-corrected chi connectivity index (χ2v) is 5.41. The lowest BCUT2D eigenvalue weighted by Crippen LogP contribution is -2.39. The number of likely N-dealkylation sites (tertiary alicyclic amines) is 1. The van der Waals surface area contributed by atoms with Crippen LogP contribution in [0.1, 0.15) is 24.8 Å². The van der Waals surface area contributed by atoms with Crippen molar-refractivity contribution in [2.75, 3.05) is 11.9 Å². The molecule has 0 bridgehead atoms. The van der Waals surface area contributed by atoms with Crippen molar-refractivity contribution in [3.05, 3.63) is 28.8 Å². The number of carbonyl (C=O) groups is 2. The highest BCUT2D eigenvalue weighted by atomic mass is 35.5. The fourth-order valence-electron chi connectivity index (χ4n) is 2.43. The summed E-state index contributed by atoms with van der Waals surface area (Å²) >= 11 is 6.07. The monoisotopic (exact) mass is 296 g/mol. The highest BCUT2D eigenvalue weighted by Gasteiger charge is 2.30. The smallest absolute Gasteiger partial charge is 0.322 e. The van der Waals surface area contributed by atoms with Gasteiger partial charge in [0.15, 0.2) is 0 Å². The van der Waals surface area contributed by atoms with E-state index in [4.69, 9.17) is 16.7 Å². The summed E-state index contributed by atoms with van der Waals surface area (Å²) in [7, 11) is 0. The number of carboxylic acids is 1. The Morgan fingerprint density at radius 1 is 1.50 bits per heavy atom. The first-order valence-corrected chi connectivity index (χ1v) is 6.90. The van der Waals surface area contributed by atoms with Crippen molar-refractivity contribution < 1.29 is 14.7 Å². The van der Waals surface area contributed by atoms with Crippen LogP contribution < -0.4 is 5.32 Å². The lowest BCUT2D eigenvalue weighted by Gasteiger charge is -2.24. The van der Waals surface area contributed by atoms with Crippen LogP contribution in [0.15, 0.2) is 18.2 Å². The molecule has 1 fully saturated rings. The Kier molecular flexibility index (Phi) is 4.49. The van der Waals surface area contributed by atoms with Gasteiger partial charge in [-0.25, -0.2) is 4.79 Å². The highest BCUT2D eigenvalue weighted by Crippen LogP contribution is 2.25. The molecule has 2 amide bonds. The van der Waals surface area contributed by atoms with Gasteiger partial charge in [0, 0.05) is 12.6 Å². The molecule has 0 spiro atoms. The van der Waals surface area contributed by atoms with E-state index in [0.717, 1.165) is 18.4 Å². The number of aliphatic carboxylic acids is 1. The minimum absolute atomic E-state index is 0.0188. The number of carbonyl (C=O) groups excluding carboxylic acids is 1. The number of nitrogens with one attached hydrogen (secondary N) is 1. The van der Waals surface area contributed by atoms with Gasteiger partial charge in [-0.3, -0.25) is 4.79 Å². The SMILES string of the molecule is Cc1ccc(NC(=O)N2CCCC2CC(=O)O)c(Cl)c1. The topological polar surface area (TPSA) is 69.6 Å². The molecule has 1 atom stereocenters. The summed E-state index contributed by atoms with van der Waals surface area (Å²) < 4.78 is 0. The quantitative estimate of drug-likeness (QED) is 0.900. The summed E-state index contributed by atoms with van der Waals surface area (Å²) in [5.41, 5.74) is 1.56. The zero-order chi connectivity index (χ0) is 14.7. The number of aryl methyl sites for hydroxylation is 1. The largest absolute Gasteiger partial charge is 0.481 e. The van der Waals surface area contributed by atoms with E-state index in [1.165, 1.54) is 0 Å². The van der Waals surface area contributed by atoms with Gasteiger partial charge in [0.1, 0.15) is 0 Å². The summed E-state index contributed by atoms with van der Waals surface area (Å²) in [5, 5.41) is 12.1. The lowest BCUT2D eigenvalue weighted by molar-refractivity contribution is -0.137. The predicted octanol–water partition coefficient (Wildman–Crippen LogP) is 3.12. The second-order valence-electron chi connectivity index (χ2n) is 5.00. The van der Waals surface area contributed by atoms with Crippen molar-refractivity contribution in [1.29, 1.82) is 0 Å². The zero-order valence-corrected chi connectivity index (χ0v) is 12.0. The van der Waals surface area contributed by atoms with Gasteiger partial charge in [-0.2, -0.15) is 0 Å². The predicted molar refractivity (Wildman–Crippen MR) is 77.2 cm³/mol. The van der Waals surface area contributed by atoms with Crippen molar-refractivity contribution in [3.8, 4) is 0 Å². The van der Waals surface area contributed by atoms with Crippen LogP contribution >= 0.6 is 11.6 Å². The molecule has 1 aromatic rings. The number of nitrogens with zero attached hydrogens (tertiary/aromatic N) is 1. The third-order valence-corrected chi connectivity index (χ3v) is 3.73. The van der Waals surface area contributed by atoms with Crippen LogP contribution in [0.4, 0.5) is 10.5 Å². The van der Waals surface area contributed by atoms with Crippen molar-refractivity contribution in [1.82, 2.24) is 4.90 Å². The van der Waals surface area contributed by atoms with Crippen LogP contribution in [0, 0.1) is 6.92 Å². The molecule has 20 heavy (non-hydrogen) atoms. The maximum atomic E-state index is 12.2. The highest BCUT2D eigenvalue weighted by molar-refractivity contribution is 6.33. The Morgan fingerprint density at radius 2 is 2.25 bits per heavy atom. The second kappa shape index (κ2) is 6.13. The minimum atomic E-state index is -0.886. The molecule has 1 heterocycles. The maximum absolute atomic E-state index is 12.2. The Morgan fingerprint density at radius 3 is 2.90 bits per heavy atom. The van der Waals surface area contributed by atoms with E-state index >= 15 is 0 Å². The first kappa shape index (κ1) is 14.7. The minimum Gasteiger partial charge on any atom is -0.481 e. The van der Waals surface area contributed by atoms with Crippen molar-refractivity contribution >= 4 is 29.3 Å². The van der Waals surface area contributed by atoms with Crippen LogP contribution in [0.2, 0.25) is 5.02 Å². The third-order valence-electron chi connectivity index (χ3n) is 3.41. The standard InChI is InChI=1S/C14H17ClN2O3/c1-9-4-5-12(11(15)7-9)16-14(20)17-6-2-3-10(17)8-13(18)19/h4-5,7,10H,2-3,6,8H2,1H3,(H,16,20)(H,18,19).